The van der Waals surface area contributed by atoms with E-state index in [4.69, 9.17) is 18.9 Å². The van der Waals surface area contributed by atoms with Gasteiger partial charge in [0.05, 0.1) is 19.6 Å². The second-order valence-corrected chi connectivity index (χ2v) is 14.6. The van der Waals surface area contributed by atoms with E-state index in [2.05, 4.69) is 39.8 Å². The Hall–Kier alpha value is -1.40. The van der Waals surface area contributed by atoms with E-state index in [0.717, 1.165) is 38.5 Å². The molecule has 0 aliphatic carbocycles. The van der Waals surface area contributed by atoms with Gasteiger partial charge < -0.3 is 18.9 Å². The molecule has 0 N–H and O–H groups in total. The molecule has 0 bridgehead atoms. The van der Waals surface area contributed by atoms with Crippen LogP contribution in [-0.4, -0.2) is 44.7 Å². The van der Waals surface area contributed by atoms with Crippen molar-refractivity contribution in [1.29, 1.82) is 0 Å². The van der Waals surface area contributed by atoms with Crippen LogP contribution in [0.25, 0.3) is 0 Å². The van der Waals surface area contributed by atoms with Crippen LogP contribution in [0.15, 0.2) is 12.2 Å². The highest BCUT2D eigenvalue weighted by Gasteiger charge is 2.17. The predicted molar refractivity (Wildman–Crippen MR) is 211 cm³/mol. The van der Waals surface area contributed by atoms with E-state index >= 15 is 0 Å². The fourth-order valence-electron chi connectivity index (χ4n) is 6.17. The lowest BCUT2D eigenvalue weighted by molar-refractivity contribution is -0.161. The van der Waals surface area contributed by atoms with Crippen LogP contribution in [0.4, 0.5) is 0 Å². The molecule has 1 unspecified atom stereocenters. The largest absolute Gasteiger partial charge is 0.465 e. The third-order valence-corrected chi connectivity index (χ3v) is 9.49. The Bertz CT molecular complexity index is 720. The van der Waals surface area contributed by atoms with Gasteiger partial charge >= 0.3 is 11.9 Å². The summed E-state index contributed by atoms with van der Waals surface area (Å²) in [6.45, 7) is 10.8. The lowest BCUT2D eigenvalue weighted by atomic mass is 10.1. The molecule has 0 aromatic carbocycles. The summed E-state index contributed by atoms with van der Waals surface area (Å²) in [5.74, 6) is -0.337. The zero-order chi connectivity index (χ0) is 36.6. The third-order valence-electron chi connectivity index (χ3n) is 9.49. The van der Waals surface area contributed by atoms with Crippen LogP contribution in [0, 0.1) is 5.92 Å². The minimum Gasteiger partial charge on any atom is -0.465 e. The molecule has 0 saturated carbocycles. The lowest BCUT2D eigenvalue weighted by Gasteiger charge is -2.19. The summed E-state index contributed by atoms with van der Waals surface area (Å²) >= 11 is 0. The van der Waals surface area contributed by atoms with Crippen molar-refractivity contribution in [3.8, 4) is 0 Å². The van der Waals surface area contributed by atoms with Gasteiger partial charge in [0.25, 0.3) is 0 Å². The van der Waals surface area contributed by atoms with Gasteiger partial charge in [-0.05, 0) is 51.4 Å². The molecule has 0 heterocycles. The molecule has 0 spiro atoms. The Morgan fingerprint density at radius 1 is 0.440 bits per heavy atom. The Labute approximate surface area is 311 Å². The van der Waals surface area contributed by atoms with Crippen molar-refractivity contribution in [1.82, 2.24) is 0 Å². The van der Waals surface area contributed by atoms with Gasteiger partial charge in [0.2, 0.25) is 0 Å². The first-order chi connectivity index (χ1) is 24.6. The van der Waals surface area contributed by atoms with Crippen LogP contribution >= 0.6 is 0 Å². The van der Waals surface area contributed by atoms with Gasteiger partial charge in [-0.15, -0.1) is 0 Å². The van der Waals surface area contributed by atoms with Crippen molar-refractivity contribution in [2.75, 3.05) is 26.4 Å². The van der Waals surface area contributed by atoms with Crippen LogP contribution in [0.5, 0.6) is 0 Å². The van der Waals surface area contributed by atoms with Crippen molar-refractivity contribution in [2.45, 2.75) is 227 Å². The number of carbonyl (C=O) groups is 2. The van der Waals surface area contributed by atoms with Crippen LogP contribution in [0.1, 0.15) is 220 Å². The average molecular weight is 709 g/mol. The molecule has 0 aliphatic rings. The summed E-state index contributed by atoms with van der Waals surface area (Å²) in [5, 5.41) is 0. The second-order valence-electron chi connectivity index (χ2n) is 14.6. The molecule has 0 aromatic rings. The van der Waals surface area contributed by atoms with Gasteiger partial charge in [-0.3, -0.25) is 9.59 Å². The van der Waals surface area contributed by atoms with E-state index in [1.807, 2.05) is 0 Å². The molecule has 0 saturated heterocycles. The first-order valence-electron chi connectivity index (χ1n) is 21.8. The maximum Gasteiger partial charge on any atom is 0.305 e. The Morgan fingerprint density at radius 2 is 0.840 bits per heavy atom. The SMILES string of the molecule is CCCCCCCC/C=C\CCCCCCCC(=O)OCC(CCC)COC(=O)CCC(OCCCCCCCC)OCCCCCCCC. The monoisotopic (exact) mass is 709 g/mol. The highest BCUT2D eigenvalue weighted by Crippen LogP contribution is 2.15. The molecular weight excluding hydrogens is 624 g/mol. The Morgan fingerprint density at radius 3 is 1.30 bits per heavy atom. The summed E-state index contributed by atoms with van der Waals surface area (Å²) in [5.41, 5.74) is 0. The van der Waals surface area contributed by atoms with Crippen LogP contribution in [0.3, 0.4) is 0 Å². The quantitative estimate of drug-likeness (QED) is 0.0273. The topological polar surface area (TPSA) is 71.1 Å². The molecule has 0 aromatic heterocycles. The number of hydrogen-bond acceptors (Lipinski definition) is 6. The molecule has 0 fully saturated rings. The number of rotatable bonds is 40. The lowest BCUT2D eigenvalue weighted by Crippen LogP contribution is -2.23. The first kappa shape index (κ1) is 48.6. The molecule has 6 heteroatoms. The summed E-state index contributed by atoms with van der Waals surface area (Å²) in [6, 6.07) is 0. The van der Waals surface area contributed by atoms with Crippen LogP contribution in [0.2, 0.25) is 0 Å². The van der Waals surface area contributed by atoms with Gasteiger partial charge in [0.15, 0.2) is 6.29 Å². The second kappa shape index (κ2) is 40.4. The fourth-order valence-corrected chi connectivity index (χ4v) is 6.17. The average Bonchev–Trinajstić information content (AvgIpc) is 3.12. The van der Waals surface area contributed by atoms with E-state index in [9.17, 15) is 9.59 Å². The van der Waals surface area contributed by atoms with E-state index in [1.165, 1.54) is 135 Å². The summed E-state index contributed by atoms with van der Waals surface area (Å²) < 4.78 is 23.4. The highest BCUT2D eigenvalue weighted by molar-refractivity contribution is 5.69. The molecule has 0 aliphatic heterocycles. The van der Waals surface area contributed by atoms with Crippen molar-refractivity contribution in [3.63, 3.8) is 0 Å². The number of allylic oxidation sites excluding steroid dienone is 2. The number of unbranched alkanes of at least 4 members (excludes halogenated alkanes) is 21. The maximum absolute atomic E-state index is 12.7. The third kappa shape index (κ3) is 36.4. The molecule has 0 amide bonds. The molecule has 0 radical (unpaired) electrons. The molecule has 296 valence electrons. The Kier molecular flexibility index (Phi) is 39.2. The van der Waals surface area contributed by atoms with Gasteiger partial charge in [-0.25, -0.2) is 0 Å². The maximum atomic E-state index is 12.7. The molecule has 6 nitrogen and oxygen atoms in total. The van der Waals surface area contributed by atoms with E-state index in [0.29, 0.717) is 32.7 Å². The van der Waals surface area contributed by atoms with Gasteiger partial charge in [-0.2, -0.15) is 0 Å². The minimum atomic E-state index is -0.363. The van der Waals surface area contributed by atoms with E-state index in [-0.39, 0.29) is 37.2 Å². The zero-order valence-corrected chi connectivity index (χ0v) is 33.8. The summed E-state index contributed by atoms with van der Waals surface area (Å²) in [7, 11) is 0. The molecular formula is C44H84O6. The summed E-state index contributed by atoms with van der Waals surface area (Å²) in [6.07, 6.45) is 38.1. The standard InChI is InChI=1S/C44H84O6/c1-5-9-12-15-18-19-20-21-22-23-24-25-26-27-30-34-42(45)49-39-41(33-8-4)40-50-43(46)35-36-44(47-37-31-28-16-13-10-6-2)48-38-32-29-17-14-11-7-3/h21-22,41,44H,5-20,23-40H2,1-4H3/b22-21-. The van der Waals surface area contributed by atoms with Crippen LogP contribution in [-0.2, 0) is 28.5 Å². The van der Waals surface area contributed by atoms with Gasteiger partial charge in [0, 0.05) is 32.0 Å². The van der Waals surface area contributed by atoms with Gasteiger partial charge in [0.1, 0.15) is 0 Å². The minimum absolute atomic E-state index is 0.0331. The van der Waals surface area contributed by atoms with Crippen molar-refractivity contribution in [3.05, 3.63) is 12.2 Å². The normalized spacial score (nSPS) is 12.3. The smallest absolute Gasteiger partial charge is 0.305 e. The number of esters is 2. The van der Waals surface area contributed by atoms with Crippen LogP contribution < -0.4 is 0 Å². The zero-order valence-electron chi connectivity index (χ0n) is 33.8. The molecule has 1 atom stereocenters. The number of carbonyl (C=O) groups excluding carboxylic acids is 2. The number of hydrogen-bond donors (Lipinski definition) is 0. The molecule has 0 rings (SSSR count). The Balaban J connectivity index is 4.18. The highest BCUT2D eigenvalue weighted by atomic mass is 16.7. The summed E-state index contributed by atoms with van der Waals surface area (Å²) in [4.78, 5) is 25.1. The fraction of sp³-hybridized carbons (Fsp3) is 0.909. The van der Waals surface area contributed by atoms with Crippen molar-refractivity contribution >= 4 is 11.9 Å². The van der Waals surface area contributed by atoms with Crippen molar-refractivity contribution < 1.29 is 28.5 Å². The van der Waals surface area contributed by atoms with E-state index in [1.54, 1.807) is 0 Å². The predicted octanol–water partition coefficient (Wildman–Crippen LogP) is 13.4. The first-order valence-corrected chi connectivity index (χ1v) is 21.8. The van der Waals surface area contributed by atoms with E-state index < -0.39 is 0 Å². The molecule has 50 heavy (non-hydrogen) atoms. The number of ether oxygens (including phenoxy) is 4. The van der Waals surface area contributed by atoms with Crippen molar-refractivity contribution in [2.24, 2.45) is 5.92 Å². The van der Waals surface area contributed by atoms with Gasteiger partial charge in [-0.1, -0.05) is 162 Å².